The van der Waals surface area contributed by atoms with Gasteiger partial charge in [-0.3, -0.25) is 4.79 Å². The highest BCUT2D eigenvalue weighted by Crippen LogP contribution is 2.27. The molecule has 9 nitrogen and oxygen atoms in total. The zero-order valence-corrected chi connectivity index (χ0v) is 20.3. The van der Waals surface area contributed by atoms with Crippen molar-refractivity contribution in [2.24, 2.45) is 0 Å². The molecule has 1 N–H and O–H groups in total. The number of benzene rings is 2. The van der Waals surface area contributed by atoms with Gasteiger partial charge in [-0.05, 0) is 42.7 Å². The lowest BCUT2D eigenvalue weighted by atomic mass is 10.0. The van der Waals surface area contributed by atoms with Crippen LogP contribution in [-0.2, 0) is 30.8 Å². The Bertz CT molecular complexity index is 1640. The van der Waals surface area contributed by atoms with Gasteiger partial charge in [0.2, 0.25) is 5.91 Å². The summed E-state index contributed by atoms with van der Waals surface area (Å²) in [5.41, 5.74) is 5.68. The SMILES string of the molecule is Cc1c(-c2nn(CC(=O)N3CCc4c([nH]c5ccccc45)C3)c(=O)o2)ncn1Cc1ccc(Cl)cc1. The van der Waals surface area contributed by atoms with Gasteiger partial charge in [0.05, 0.1) is 12.9 Å². The minimum absolute atomic E-state index is 0.0942. The Morgan fingerprint density at radius 1 is 1.17 bits per heavy atom. The van der Waals surface area contributed by atoms with Crippen LogP contribution in [0.4, 0.5) is 0 Å². The fourth-order valence-electron chi connectivity index (χ4n) is 4.74. The normalized spacial score (nSPS) is 13.3. The van der Waals surface area contributed by atoms with E-state index in [4.69, 9.17) is 16.0 Å². The largest absolute Gasteiger partial charge is 0.437 e. The van der Waals surface area contributed by atoms with Crippen molar-refractivity contribution in [3.05, 3.63) is 92.9 Å². The van der Waals surface area contributed by atoms with Crippen molar-refractivity contribution in [3.63, 3.8) is 0 Å². The van der Waals surface area contributed by atoms with Crippen LogP contribution in [0, 0.1) is 6.92 Å². The van der Waals surface area contributed by atoms with Crippen molar-refractivity contribution >= 4 is 28.4 Å². The molecule has 0 bridgehead atoms. The zero-order valence-electron chi connectivity index (χ0n) is 19.6. The van der Waals surface area contributed by atoms with E-state index in [1.165, 1.54) is 10.9 Å². The highest BCUT2D eigenvalue weighted by molar-refractivity contribution is 6.30. The van der Waals surface area contributed by atoms with Crippen molar-refractivity contribution < 1.29 is 9.21 Å². The number of amides is 1. The van der Waals surface area contributed by atoms with Gasteiger partial charge in [0.1, 0.15) is 12.2 Å². The van der Waals surface area contributed by atoms with Crippen molar-refractivity contribution in [2.45, 2.75) is 33.0 Å². The molecule has 0 saturated heterocycles. The Morgan fingerprint density at radius 2 is 1.97 bits per heavy atom. The van der Waals surface area contributed by atoms with Gasteiger partial charge in [0.25, 0.3) is 5.89 Å². The number of hydrogen-bond acceptors (Lipinski definition) is 5. The Hall–Kier alpha value is -4.11. The molecule has 2 aromatic carbocycles. The minimum atomic E-state index is -0.687. The van der Waals surface area contributed by atoms with Gasteiger partial charge in [-0.1, -0.05) is 41.9 Å². The van der Waals surface area contributed by atoms with Crippen molar-refractivity contribution in [1.82, 2.24) is 29.2 Å². The lowest BCUT2D eigenvalue weighted by Crippen LogP contribution is -2.39. The Morgan fingerprint density at radius 3 is 2.81 bits per heavy atom. The maximum Gasteiger partial charge on any atom is 0.437 e. The summed E-state index contributed by atoms with van der Waals surface area (Å²) in [4.78, 5) is 35.1. The summed E-state index contributed by atoms with van der Waals surface area (Å²) in [7, 11) is 0. The highest BCUT2D eigenvalue weighted by atomic mass is 35.5. The number of hydrogen-bond donors (Lipinski definition) is 1. The van der Waals surface area contributed by atoms with Crippen LogP contribution in [0.2, 0.25) is 5.02 Å². The van der Waals surface area contributed by atoms with E-state index in [0.717, 1.165) is 33.6 Å². The predicted octanol–water partition coefficient (Wildman–Crippen LogP) is 3.78. The molecule has 4 heterocycles. The molecule has 36 heavy (non-hydrogen) atoms. The van der Waals surface area contributed by atoms with E-state index in [-0.39, 0.29) is 18.3 Å². The summed E-state index contributed by atoms with van der Waals surface area (Å²) < 4.78 is 8.38. The molecule has 0 fully saturated rings. The number of nitrogens with zero attached hydrogens (tertiary/aromatic N) is 5. The van der Waals surface area contributed by atoms with E-state index < -0.39 is 5.76 Å². The first-order valence-electron chi connectivity index (χ1n) is 11.7. The third-order valence-corrected chi connectivity index (χ3v) is 6.95. The molecule has 0 radical (unpaired) electrons. The zero-order chi connectivity index (χ0) is 24.8. The Balaban J connectivity index is 1.18. The Labute approximate surface area is 210 Å². The van der Waals surface area contributed by atoms with Crippen LogP contribution in [0.15, 0.2) is 64.1 Å². The smallest absolute Gasteiger partial charge is 0.386 e. The molecule has 0 aliphatic carbocycles. The van der Waals surface area contributed by atoms with Crippen LogP contribution in [-0.4, -0.2) is 41.7 Å². The van der Waals surface area contributed by atoms with Crippen LogP contribution < -0.4 is 5.76 Å². The summed E-state index contributed by atoms with van der Waals surface area (Å²) in [5, 5.41) is 6.15. The molecule has 0 unspecified atom stereocenters. The number of para-hydroxylation sites is 1. The molecule has 3 aromatic heterocycles. The molecule has 5 aromatic rings. The van der Waals surface area contributed by atoms with Gasteiger partial charge in [-0.15, -0.1) is 5.10 Å². The maximum atomic E-state index is 13.0. The van der Waals surface area contributed by atoms with Gasteiger partial charge < -0.3 is 18.9 Å². The number of aromatic nitrogens is 5. The Kier molecular flexibility index (Phi) is 5.49. The van der Waals surface area contributed by atoms with Crippen molar-refractivity contribution in [1.29, 1.82) is 0 Å². The quantitative estimate of drug-likeness (QED) is 0.394. The molecule has 182 valence electrons. The first-order chi connectivity index (χ1) is 17.5. The number of imidazole rings is 1. The molecular weight excluding hydrogens is 480 g/mol. The van der Waals surface area contributed by atoms with Gasteiger partial charge in [-0.25, -0.2) is 9.78 Å². The first-order valence-corrected chi connectivity index (χ1v) is 12.0. The number of halogens is 1. The highest BCUT2D eigenvalue weighted by Gasteiger charge is 2.25. The van der Waals surface area contributed by atoms with E-state index in [1.807, 2.05) is 54.0 Å². The second kappa shape index (κ2) is 8.83. The second-order valence-electron chi connectivity index (χ2n) is 8.96. The average Bonchev–Trinajstić information content (AvgIpc) is 3.55. The number of aromatic amines is 1. The average molecular weight is 503 g/mol. The summed E-state index contributed by atoms with van der Waals surface area (Å²) in [6.07, 6.45) is 2.43. The van der Waals surface area contributed by atoms with Gasteiger partial charge in [-0.2, -0.15) is 4.68 Å². The lowest BCUT2D eigenvalue weighted by molar-refractivity contribution is -0.133. The minimum Gasteiger partial charge on any atom is -0.386 e. The fraction of sp³-hybridized carbons (Fsp3) is 0.231. The van der Waals surface area contributed by atoms with Crippen LogP contribution in [0.5, 0.6) is 0 Å². The number of carbonyl (C=O) groups is 1. The molecule has 0 atom stereocenters. The van der Waals surface area contributed by atoms with E-state index in [9.17, 15) is 9.59 Å². The third kappa shape index (κ3) is 4.01. The molecule has 10 heteroatoms. The molecule has 0 spiro atoms. The number of carbonyl (C=O) groups excluding carboxylic acids is 1. The van der Waals surface area contributed by atoms with E-state index >= 15 is 0 Å². The third-order valence-electron chi connectivity index (χ3n) is 6.70. The molecular formula is C26H23ClN6O3. The van der Waals surface area contributed by atoms with Crippen LogP contribution in [0.3, 0.4) is 0 Å². The maximum absolute atomic E-state index is 13.0. The predicted molar refractivity (Wildman–Crippen MR) is 135 cm³/mol. The number of H-pyrrole nitrogens is 1. The number of nitrogens with one attached hydrogen (secondary N) is 1. The summed E-state index contributed by atoms with van der Waals surface area (Å²) in [6.45, 7) is 3.33. The van der Waals surface area contributed by atoms with E-state index in [1.54, 1.807) is 11.2 Å². The summed E-state index contributed by atoms with van der Waals surface area (Å²) >= 11 is 5.97. The van der Waals surface area contributed by atoms with E-state index in [0.29, 0.717) is 30.4 Å². The van der Waals surface area contributed by atoms with Crippen LogP contribution in [0.1, 0.15) is 22.5 Å². The molecule has 0 saturated carbocycles. The van der Waals surface area contributed by atoms with Gasteiger partial charge in [0, 0.05) is 40.4 Å². The number of rotatable bonds is 5. The topological polar surface area (TPSA) is 102 Å². The monoisotopic (exact) mass is 502 g/mol. The number of fused-ring (bicyclic) bond motifs is 3. The lowest BCUT2D eigenvalue weighted by Gasteiger charge is -2.26. The molecule has 1 aliphatic rings. The van der Waals surface area contributed by atoms with Crippen LogP contribution >= 0.6 is 11.6 Å². The second-order valence-corrected chi connectivity index (χ2v) is 9.39. The van der Waals surface area contributed by atoms with Crippen LogP contribution in [0.25, 0.3) is 22.5 Å². The van der Waals surface area contributed by atoms with Crippen molar-refractivity contribution in [3.8, 4) is 11.6 Å². The van der Waals surface area contributed by atoms with E-state index in [2.05, 4.69) is 21.1 Å². The fourth-order valence-corrected chi connectivity index (χ4v) is 4.86. The van der Waals surface area contributed by atoms with Gasteiger partial charge in [0.15, 0.2) is 0 Å². The molecule has 1 amide bonds. The summed E-state index contributed by atoms with van der Waals surface area (Å²) in [5.74, 6) is -0.781. The first kappa shape index (κ1) is 22.4. The van der Waals surface area contributed by atoms with Gasteiger partial charge >= 0.3 is 5.76 Å². The standard InChI is InChI=1S/C26H23ClN6O3/c1-16-24(28-15-32(16)12-17-6-8-18(27)9-7-17)25-30-33(26(35)36-25)14-23(34)31-11-10-20-19-4-2-3-5-21(19)29-22(20)13-31/h2-9,15,29H,10-14H2,1H3. The van der Waals surface area contributed by atoms with Crippen molar-refractivity contribution in [2.75, 3.05) is 6.54 Å². The summed E-state index contributed by atoms with van der Waals surface area (Å²) in [6, 6.07) is 15.7. The molecule has 1 aliphatic heterocycles. The molecule has 6 rings (SSSR count).